The van der Waals surface area contributed by atoms with Crippen LogP contribution in [0, 0.1) is 11.7 Å². The van der Waals surface area contributed by atoms with Crippen LogP contribution in [0.25, 0.3) is 22.0 Å². The first kappa shape index (κ1) is 28.2. The maximum Gasteiger partial charge on any atom is 0.451 e. The molecule has 0 amide bonds. The van der Waals surface area contributed by atoms with E-state index in [4.69, 9.17) is 9.47 Å². The highest BCUT2D eigenvalue weighted by Crippen LogP contribution is 2.36. The summed E-state index contributed by atoms with van der Waals surface area (Å²) >= 11 is 0. The van der Waals surface area contributed by atoms with E-state index in [0.29, 0.717) is 39.2 Å². The van der Waals surface area contributed by atoms with Crippen LogP contribution >= 0.6 is 0 Å². The summed E-state index contributed by atoms with van der Waals surface area (Å²) in [5, 5.41) is 3.71. The third-order valence-electron chi connectivity index (χ3n) is 7.01. The minimum absolute atomic E-state index is 0.136. The minimum Gasteiger partial charge on any atom is -0.455 e. The summed E-state index contributed by atoms with van der Waals surface area (Å²) < 4.78 is 63.6. The number of nitrogens with zero attached hydrogens (tertiary/aromatic N) is 4. The van der Waals surface area contributed by atoms with Crippen LogP contribution in [0.1, 0.15) is 56.5 Å². The molecule has 1 unspecified atom stereocenters. The first-order chi connectivity index (χ1) is 19.7. The van der Waals surface area contributed by atoms with Gasteiger partial charge in [0.1, 0.15) is 23.5 Å². The molecule has 2 heterocycles. The van der Waals surface area contributed by atoms with Crippen LogP contribution in [0.3, 0.4) is 0 Å². The molecule has 214 valence electrons. The second-order valence-corrected chi connectivity index (χ2v) is 9.86. The number of hydrogen-bond donors (Lipinski definition) is 1. The summed E-state index contributed by atoms with van der Waals surface area (Å²) in [5.41, 5.74) is 2.18. The fraction of sp³-hybridized carbons (Fsp3) is 0.345. The lowest BCUT2D eigenvalue weighted by molar-refractivity contribution is -0.156. The lowest BCUT2D eigenvalue weighted by Crippen LogP contribution is -2.22. The highest BCUT2D eigenvalue weighted by atomic mass is 19.4. The Kier molecular flexibility index (Phi) is 8.27. The van der Waals surface area contributed by atoms with Crippen molar-refractivity contribution in [3.8, 4) is 16.9 Å². The van der Waals surface area contributed by atoms with Gasteiger partial charge in [-0.25, -0.2) is 24.3 Å². The number of esters is 1. The van der Waals surface area contributed by atoms with Gasteiger partial charge >= 0.3 is 12.1 Å². The van der Waals surface area contributed by atoms with Gasteiger partial charge in [-0.1, -0.05) is 31.4 Å². The van der Waals surface area contributed by atoms with E-state index in [0.717, 1.165) is 44.5 Å². The Bertz CT molecular complexity index is 1510. The molecule has 1 aliphatic carbocycles. The molecular formula is C29H27F4N5O3. The van der Waals surface area contributed by atoms with E-state index in [1.165, 1.54) is 18.5 Å². The number of aromatic nitrogens is 4. The Balaban J connectivity index is 1.44. The number of halogens is 4. The number of carbonyl (C=O) groups excluding carboxylic acids is 1. The monoisotopic (exact) mass is 569 g/mol. The van der Waals surface area contributed by atoms with Gasteiger partial charge in [0.05, 0.1) is 12.0 Å². The van der Waals surface area contributed by atoms with Crippen LogP contribution in [-0.4, -0.2) is 32.7 Å². The summed E-state index contributed by atoms with van der Waals surface area (Å²) in [4.78, 5) is 28.1. The average Bonchev–Trinajstić information content (AvgIpc) is 2.97. The number of alkyl halides is 3. The van der Waals surface area contributed by atoms with Crippen LogP contribution in [0.15, 0.2) is 55.1 Å². The number of ether oxygens (including phenoxy) is 2. The van der Waals surface area contributed by atoms with E-state index < -0.39 is 18.0 Å². The van der Waals surface area contributed by atoms with Crippen LogP contribution in [0.5, 0.6) is 5.75 Å². The van der Waals surface area contributed by atoms with Gasteiger partial charge < -0.3 is 14.8 Å². The fourth-order valence-corrected chi connectivity index (χ4v) is 4.77. The molecule has 2 aromatic carbocycles. The second-order valence-electron chi connectivity index (χ2n) is 9.86. The van der Waals surface area contributed by atoms with Gasteiger partial charge in [0.25, 0.3) is 0 Å². The first-order valence-electron chi connectivity index (χ1n) is 13.2. The Morgan fingerprint density at radius 2 is 1.71 bits per heavy atom. The van der Waals surface area contributed by atoms with Gasteiger partial charge in [-0.15, -0.1) is 0 Å². The first-order valence-corrected chi connectivity index (χ1v) is 13.2. The van der Waals surface area contributed by atoms with Crippen LogP contribution < -0.4 is 10.1 Å². The molecule has 1 fully saturated rings. The highest BCUT2D eigenvalue weighted by Gasteiger charge is 2.34. The number of nitrogens with one attached hydrogen (secondary N) is 1. The van der Waals surface area contributed by atoms with E-state index in [9.17, 15) is 22.4 Å². The Morgan fingerprint density at radius 1 is 1.00 bits per heavy atom. The zero-order valence-corrected chi connectivity index (χ0v) is 22.1. The molecule has 4 aromatic rings. The Hall–Kier alpha value is -4.35. The molecule has 12 heteroatoms. The van der Waals surface area contributed by atoms with Crippen molar-refractivity contribution in [3.63, 3.8) is 0 Å². The Labute approximate surface area is 233 Å². The van der Waals surface area contributed by atoms with Gasteiger partial charge in [-0.3, -0.25) is 4.79 Å². The van der Waals surface area contributed by atoms with E-state index in [1.54, 1.807) is 31.2 Å². The molecule has 0 radical (unpaired) electrons. The van der Waals surface area contributed by atoms with Crippen LogP contribution in [0.4, 0.5) is 23.4 Å². The van der Waals surface area contributed by atoms with Crippen LogP contribution in [-0.2, 0) is 15.7 Å². The second kappa shape index (κ2) is 12.0. The highest BCUT2D eigenvalue weighted by molar-refractivity contribution is 5.96. The largest absolute Gasteiger partial charge is 0.455 e. The zero-order chi connectivity index (χ0) is 29.0. The quantitative estimate of drug-likeness (QED) is 0.139. The molecule has 41 heavy (non-hydrogen) atoms. The molecule has 2 aromatic heterocycles. The number of rotatable bonds is 8. The molecule has 0 spiro atoms. The summed E-state index contributed by atoms with van der Waals surface area (Å²) in [5.74, 6) is -1.36. The summed E-state index contributed by atoms with van der Waals surface area (Å²) in [6.45, 7) is 1.41. The third-order valence-corrected chi connectivity index (χ3v) is 7.01. The van der Waals surface area contributed by atoms with Crippen molar-refractivity contribution in [2.45, 2.75) is 51.2 Å². The predicted octanol–water partition coefficient (Wildman–Crippen LogP) is 6.88. The average molecular weight is 570 g/mol. The lowest BCUT2D eigenvalue weighted by atomic mass is 9.89. The number of carbonyl (C=O) groups is 1. The number of hydrogen-bond acceptors (Lipinski definition) is 8. The molecule has 8 nitrogen and oxygen atoms in total. The summed E-state index contributed by atoms with van der Waals surface area (Å²) in [6, 6.07) is 8.88. The van der Waals surface area contributed by atoms with Crippen molar-refractivity contribution in [3.05, 3.63) is 72.3 Å². The molecule has 5 rings (SSSR count). The maximum absolute atomic E-state index is 13.6. The molecule has 1 N–H and O–H groups in total. The molecule has 1 atom stereocenters. The topological polar surface area (TPSA) is 99.1 Å². The van der Waals surface area contributed by atoms with Crippen molar-refractivity contribution in [2.75, 3.05) is 12.1 Å². The van der Waals surface area contributed by atoms with Crippen molar-refractivity contribution in [1.29, 1.82) is 0 Å². The van der Waals surface area contributed by atoms with E-state index in [-0.39, 0.29) is 24.5 Å². The van der Waals surface area contributed by atoms with E-state index >= 15 is 0 Å². The van der Waals surface area contributed by atoms with Crippen molar-refractivity contribution >= 4 is 22.7 Å². The minimum atomic E-state index is -4.64. The summed E-state index contributed by atoms with van der Waals surface area (Å²) in [7, 11) is 0. The van der Waals surface area contributed by atoms with Crippen LogP contribution in [0.2, 0.25) is 0 Å². The SMILES string of the molecule is CC(Nc1ncnc2c(OCOC(=O)C3CCCCC3)cc(-c3ccc(F)cc3)cc12)c1cnc(C(F)(F)F)nc1. The molecule has 1 saturated carbocycles. The summed E-state index contributed by atoms with van der Waals surface area (Å²) in [6.07, 6.45) is 3.59. The molecule has 0 bridgehead atoms. The van der Waals surface area contributed by atoms with E-state index in [2.05, 4.69) is 25.3 Å². The van der Waals surface area contributed by atoms with Gasteiger partial charge in [-0.05, 0) is 55.2 Å². The van der Waals surface area contributed by atoms with E-state index in [1.807, 2.05) is 0 Å². The fourth-order valence-electron chi connectivity index (χ4n) is 4.77. The van der Waals surface area contributed by atoms with Gasteiger partial charge in [0, 0.05) is 23.3 Å². The van der Waals surface area contributed by atoms with Gasteiger partial charge in [0.2, 0.25) is 12.6 Å². The molecule has 0 saturated heterocycles. The van der Waals surface area contributed by atoms with Crippen molar-refractivity contribution < 1.29 is 31.8 Å². The number of anilines is 1. The van der Waals surface area contributed by atoms with Gasteiger partial charge in [-0.2, -0.15) is 13.2 Å². The standard InChI is InChI=1S/C29H27F4N5O3/c1-17(21-13-34-28(35-14-21)29(31,32)33)38-26-23-11-20(18-7-9-22(30)10-8-18)12-24(25(23)36-15-37-26)40-16-41-27(39)19-5-3-2-4-6-19/h7-15,17,19H,2-6,16H2,1H3,(H,36,37,38). The predicted molar refractivity (Wildman–Crippen MR) is 142 cm³/mol. The Morgan fingerprint density at radius 3 is 2.39 bits per heavy atom. The molecule has 1 aliphatic rings. The lowest BCUT2D eigenvalue weighted by Gasteiger charge is -2.20. The number of fused-ring (bicyclic) bond motifs is 1. The number of benzene rings is 2. The van der Waals surface area contributed by atoms with Gasteiger partial charge in [0.15, 0.2) is 5.75 Å². The van der Waals surface area contributed by atoms with Crippen molar-refractivity contribution in [1.82, 2.24) is 19.9 Å². The van der Waals surface area contributed by atoms with Crippen molar-refractivity contribution in [2.24, 2.45) is 5.92 Å². The maximum atomic E-state index is 13.6. The molecule has 0 aliphatic heterocycles. The molecular weight excluding hydrogens is 542 g/mol. The smallest absolute Gasteiger partial charge is 0.451 e. The zero-order valence-electron chi connectivity index (χ0n) is 22.1. The third kappa shape index (κ3) is 6.69. The normalized spacial score (nSPS) is 15.0.